The lowest BCUT2D eigenvalue weighted by molar-refractivity contribution is 0.385. The van der Waals surface area contributed by atoms with Gasteiger partial charge in [-0.1, -0.05) is 0 Å². The molecule has 0 fully saturated rings. The molecule has 31 heavy (non-hydrogen) atoms. The topological polar surface area (TPSA) is 108 Å². The molecule has 0 amide bonds. The molecule has 1 N–H and O–H groups in total. The van der Waals surface area contributed by atoms with Crippen molar-refractivity contribution in [2.24, 2.45) is 0 Å². The largest absolute Gasteiger partial charge is 0.494 e. The number of ether oxygens (including phenoxy) is 2. The first-order chi connectivity index (χ1) is 14.9. The van der Waals surface area contributed by atoms with Crippen LogP contribution in [0.1, 0.15) is 0 Å². The number of methoxy groups -OCH3 is 1. The van der Waals surface area contributed by atoms with Crippen molar-refractivity contribution in [2.75, 3.05) is 11.8 Å². The second-order valence-electron chi connectivity index (χ2n) is 6.23. The third-order valence-corrected chi connectivity index (χ3v) is 5.54. The van der Waals surface area contributed by atoms with Gasteiger partial charge in [-0.2, -0.15) is 0 Å². The van der Waals surface area contributed by atoms with Crippen LogP contribution >= 0.6 is 0 Å². The van der Waals surface area contributed by atoms with Gasteiger partial charge < -0.3 is 9.47 Å². The number of imidazole rings is 1. The van der Waals surface area contributed by atoms with Crippen molar-refractivity contribution in [1.82, 2.24) is 19.7 Å². The standard InChI is InChI=1S/C20H16FN5O4S/c1-29-18-7-6-16(12-17(18)21)31(27,28)25-14-2-4-15(5-3-14)30-20-9-8-19(23-24-20)26-11-10-22-13-26/h2-13,25H,1H3. The fraction of sp³-hybridized carbons (Fsp3) is 0.0500. The zero-order valence-electron chi connectivity index (χ0n) is 16.1. The van der Waals surface area contributed by atoms with Crippen LogP contribution in [0.25, 0.3) is 5.82 Å². The molecule has 11 heteroatoms. The Hall–Kier alpha value is -3.99. The van der Waals surface area contributed by atoms with Crippen LogP contribution < -0.4 is 14.2 Å². The molecule has 0 saturated heterocycles. The minimum absolute atomic E-state index is 0.0402. The van der Waals surface area contributed by atoms with Crippen molar-refractivity contribution in [3.63, 3.8) is 0 Å². The number of hydrogen-bond donors (Lipinski definition) is 1. The van der Waals surface area contributed by atoms with E-state index >= 15 is 0 Å². The number of anilines is 1. The highest BCUT2D eigenvalue weighted by Crippen LogP contribution is 2.25. The first-order valence-electron chi connectivity index (χ1n) is 8.91. The van der Waals surface area contributed by atoms with Gasteiger partial charge in [0.2, 0.25) is 5.88 Å². The van der Waals surface area contributed by atoms with Gasteiger partial charge in [-0.15, -0.1) is 10.2 Å². The molecule has 158 valence electrons. The van der Waals surface area contributed by atoms with Crippen molar-refractivity contribution in [3.8, 4) is 23.2 Å². The summed E-state index contributed by atoms with van der Waals surface area (Å²) in [5.74, 6) is 0.481. The number of nitrogens with zero attached hydrogens (tertiary/aromatic N) is 4. The van der Waals surface area contributed by atoms with Crippen molar-refractivity contribution in [3.05, 3.63) is 79.1 Å². The highest BCUT2D eigenvalue weighted by atomic mass is 32.2. The summed E-state index contributed by atoms with van der Waals surface area (Å²) in [6.07, 6.45) is 4.97. The maximum absolute atomic E-state index is 13.8. The number of aromatic nitrogens is 4. The van der Waals surface area contributed by atoms with E-state index in [4.69, 9.17) is 9.47 Å². The molecule has 0 bridgehead atoms. The summed E-state index contributed by atoms with van der Waals surface area (Å²) >= 11 is 0. The predicted molar refractivity (Wildman–Crippen MR) is 109 cm³/mol. The summed E-state index contributed by atoms with van der Waals surface area (Å²) in [7, 11) is -2.68. The summed E-state index contributed by atoms with van der Waals surface area (Å²) < 4.78 is 53.3. The fourth-order valence-corrected chi connectivity index (χ4v) is 3.71. The second-order valence-corrected chi connectivity index (χ2v) is 7.91. The number of halogens is 1. The van der Waals surface area contributed by atoms with Crippen LogP contribution in [-0.4, -0.2) is 35.3 Å². The molecule has 0 spiro atoms. The van der Waals surface area contributed by atoms with E-state index < -0.39 is 15.8 Å². The van der Waals surface area contributed by atoms with E-state index in [1.807, 2.05) is 0 Å². The molecule has 0 aliphatic rings. The Labute approximate surface area is 177 Å². The van der Waals surface area contributed by atoms with E-state index in [-0.39, 0.29) is 22.2 Å². The van der Waals surface area contributed by atoms with Crippen LogP contribution in [0.2, 0.25) is 0 Å². The van der Waals surface area contributed by atoms with E-state index in [9.17, 15) is 12.8 Å². The number of nitrogens with one attached hydrogen (secondary N) is 1. The van der Waals surface area contributed by atoms with Crippen molar-refractivity contribution >= 4 is 15.7 Å². The Morgan fingerprint density at radius 3 is 2.45 bits per heavy atom. The number of sulfonamides is 1. The Bertz CT molecular complexity index is 1280. The number of benzene rings is 2. The lowest BCUT2D eigenvalue weighted by Gasteiger charge is -2.10. The highest BCUT2D eigenvalue weighted by Gasteiger charge is 2.17. The maximum atomic E-state index is 13.8. The average Bonchev–Trinajstić information content (AvgIpc) is 3.30. The van der Waals surface area contributed by atoms with Gasteiger partial charge >= 0.3 is 0 Å². The van der Waals surface area contributed by atoms with Crippen LogP contribution in [0.15, 0.2) is 78.2 Å². The summed E-state index contributed by atoms with van der Waals surface area (Å²) in [4.78, 5) is 3.72. The molecule has 0 aliphatic heterocycles. The van der Waals surface area contributed by atoms with Crippen LogP contribution in [0.5, 0.6) is 17.4 Å². The van der Waals surface area contributed by atoms with Gasteiger partial charge in [0.25, 0.3) is 10.0 Å². The minimum atomic E-state index is -3.98. The summed E-state index contributed by atoms with van der Waals surface area (Å²) in [5.41, 5.74) is 0.283. The number of rotatable bonds is 7. The van der Waals surface area contributed by atoms with Gasteiger partial charge in [0.15, 0.2) is 17.4 Å². The Morgan fingerprint density at radius 2 is 1.84 bits per heavy atom. The quantitative estimate of drug-likeness (QED) is 0.468. The molecule has 2 heterocycles. The van der Waals surface area contributed by atoms with E-state index in [1.165, 1.54) is 31.4 Å². The maximum Gasteiger partial charge on any atom is 0.262 e. The Morgan fingerprint density at radius 1 is 1.03 bits per heavy atom. The van der Waals surface area contributed by atoms with Crippen LogP contribution in [0.4, 0.5) is 10.1 Å². The molecule has 0 aliphatic carbocycles. The number of hydrogen-bond acceptors (Lipinski definition) is 7. The Kier molecular flexibility index (Phi) is 5.50. The zero-order valence-corrected chi connectivity index (χ0v) is 17.0. The van der Waals surface area contributed by atoms with Gasteiger partial charge in [-0.25, -0.2) is 17.8 Å². The Balaban J connectivity index is 1.44. The van der Waals surface area contributed by atoms with Crippen LogP contribution in [0.3, 0.4) is 0 Å². The van der Waals surface area contributed by atoms with E-state index in [0.29, 0.717) is 11.6 Å². The smallest absolute Gasteiger partial charge is 0.262 e. The molecule has 9 nitrogen and oxygen atoms in total. The fourth-order valence-electron chi connectivity index (χ4n) is 2.64. The first kappa shape index (κ1) is 20.3. The molecule has 2 aromatic carbocycles. The summed E-state index contributed by atoms with van der Waals surface area (Å²) in [5, 5.41) is 8.05. The molecule has 4 aromatic rings. The first-order valence-corrected chi connectivity index (χ1v) is 10.4. The SMILES string of the molecule is COc1ccc(S(=O)(=O)Nc2ccc(Oc3ccc(-n4ccnc4)nn3)cc2)cc1F. The normalized spacial score (nSPS) is 11.2. The molecule has 0 saturated carbocycles. The molecule has 0 radical (unpaired) electrons. The molecule has 4 rings (SSSR count). The van der Waals surface area contributed by atoms with Crippen LogP contribution in [-0.2, 0) is 10.0 Å². The van der Waals surface area contributed by atoms with Crippen molar-refractivity contribution in [2.45, 2.75) is 4.90 Å². The van der Waals surface area contributed by atoms with E-state index in [1.54, 1.807) is 47.6 Å². The average molecular weight is 441 g/mol. The van der Waals surface area contributed by atoms with Gasteiger partial charge in [-0.05, 0) is 48.5 Å². The molecular formula is C20H16FN5O4S. The van der Waals surface area contributed by atoms with Gasteiger partial charge in [-0.3, -0.25) is 9.29 Å². The summed E-state index contributed by atoms with van der Waals surface area (Å²) in [6, 6.07) is 12.9. The van der Waals surface area contributed by atoms with Crippen molar-refractivity contribution < 1.29 is 22.3 Å². The summed E-state index contributed by atoms with van der Waals surface area (Å²) in [6.45, 7) is 0. The minimum Gasteiger partial charge on any atom is -0.494 e. The second kappa shape index (κ2) is 8.40. The lowest BCUT2D eigenvalue weighted by atomic mass is 10.3. The predicted octanol–water partition coefficient (Wildman–Crippen LogP) is 3.40. The highest BCUT2D eigenvalue weighted by molar-refractivity contribution is 7.92. The van der Waals surface area contributed by atoms with Gasteiger partial charge in [0.05, 0.1) is 12.0 Å². The molecule has 2 aromatic heterocycles. The third-order valence-electron chi connectivity index (χ3n) is 4.16. The monoisotopic (exact) mass is 441 g/mol. The van der Waals surface area contributed by atoms with Gasteiger partial charge in [0, 0.05) is 24.1 Å². The van der Waals surface area contributed by atoms with Crippen LogP contribution in [0, 0.1) is 5.82 Å². The third kappa shape index (κ3) is 4.61. The molecule has 0 atom stereocenters. The molecular weight excluding hydrogens is 425 g/mol. The van der Waals surface area contributed by atoms with E-state index in [0.717, 1.165) is 6.07 Å². The zero-order chi connectivity index (χ0) is 21.8. The van der Waals surface area contributed by atoms with Gasteiger partial charge in [0.1, 0.15) is 12.1 Å². The molecule has 0 unspecified atom stereocenters. The lowest BCUT2D eigenvalue weighted by Crippen LogP contribution is -2.13. The van der Waals surface area contributed by atoms with E-state index in [2.05, 4.69) is 19.9 Å². The van der Waals surface area contributed by atoms with Crippen molar-refractivity contribution in [1.29, 1.82) is 0 Å².